The summed E-state index contributed by atoms with van der Waals surface area (Å²) in [7, 11) is 1.72. The van der Waals surface area contributed by atoms with Gasteiger partial charge in [-0.15, -0.1) is 0 Å². The van der Waals surface area contributed by atoms with E-state index in [-0.39, 0.29) is 12.1 Å². The molecule has 2 N–H and O–H groups in total. The van der Waals surface area contributed by atoms with E-state index in [1.807, 2.05) is 20.8 Å². The van der Waals surface area contributed by atoms with E-state index in [9.17, 15) is 4.79 Å². The van der Waals surface area contributed by atoms with Gasteiger partial charge in [-0.05, 0) is 12.8 Å². The number of nitrogens with one attached hydrogen (secondary N) is 2. The van der Waals surface area contributed by atoms with Gasteiger partial charge in [0.2, 0.25) is 5.95 Å². The number of amides is 2. The fourth-order valence-corrected chi connectivity index (χ4v) is 0.920. The molecule has 2 amide bonds. The van der Waals surface area contributed by atoms with Crippen LogP contribution < -0.4 is 10.6 Å². The Bertz CT molecular complexity index is 333. The molecular formula is C9H17N5O. The first kappa shape index (κ1) is 11.5. The van der Waals surface area contributed by atoms with Crippen molar-refractivity contribution in [3.8, 4) is 0 Å². The summed E-state index contributed by atoms with van der Waals surface area (Å²) in [6, 6.07) is -0.134. The van der Waals surface area contributed by atoms with Crippen LogP contribution >= 0.6 is 0 Å². The van der Waals surface area contributed by atoms with E-state index in [0.717, 1.165) is 0 Å². The third-order valence-electron chi connectivity index (χ3n) is 2.30. The molecule has 0 saturated heterocycles. The van der Waals surface area contributed by atoms with Crippen LogP contribution in [-0.2, 0) is 7.05 Å². The summed E-state index contributed by atoms with van der Waals surface area (Å²) >= 11 is 0. The van der Waals surface area contributed by atoms with Crippen molar-refractivity contribution in [1.29, 1.82) is 0 Å². The number of nitrogens with zero attached hydrogens (tertiary/aromatic N) is 3. The lowest BCUT2D eigenvalue weighted by atomic mass is 10.1. The van der Waals surface area contributed by atoms with Crippen LogP contribution in [-0.4, -0.2) is 26.8 Å². The third-order valence-corrected chi connectivity index (χ3v) is 2.30. The van der Waals surface area contributed by atoms with Crippen molar-refractivity contribution in [3.63, 3.8) is 0 Å². The van der Waals surface area contributed by atoms with Crippen LogP contribution in [0.1, 0.15) is 20.8 Å². The Morgan fingerprint density at radius 3 is 2.60 bits per heavy atom. The molecule has 1 aromatic rings. The first-order chi connectivity index (χ1) is 7.00. The van der Waals surface area contributed by atoms with E-state index in [4.69, 9.17) is 0 Å². The maximum atomic E-state index is 11.5. The topological polar surface area (TPSA) is 71.8 Å². The number of anilines is 1. The molecule has 0 fully saturated rings. The standard InChI is InChI=1S/C9H17N5O/c1-6(2)7(3)12-9(15)13-8-10-5-11-14(8)4/h5-7H,1-4H3,(H2,10,11,12,13,15)/t7-/m0/s1. The van der Waals surface area contributed by atoms with E-state index in [1.165, 1.54) is 11.0 Å². The molecule has 0 bridgehead atoms. The molecule has 1 atom stereocenters. The molecule has 0 aliphatic carbocycles. The Morgan fingerprint density at radius 2 is 2.13 bits per heavy atom. The number of carbonyl (C=O) groups is 1. The van der Waals surface area contributed by atoms with Crippen molar-refractivity contribution < 1.29 is 4.79 Å². The van der Waals surface area contributed by atoms with Gasteiger partial charge >= 0.3 is 6.03 Å². The zero-order valence-electron chi connectivity index (χ0n) is 9.48. The second-order valence-electron chi connectivity index (χ2n) is 3.84. The summed E-state index contributed by atoms with van der Waals surface area (Å²) in [5.41, 5.74) is 0. The first-order valence-electron chi connectivity index (χ1n) is 4.92. The molecule has 0 aliphatic heterocycles. The largest absolute Gasteiger partial charge is 0.335 e. The highest BCUT2D eigenvalue weighted by molar-refractivity contribution is 5.87. The molecule has 0 aliphatic rings. The fourth-order valence-electron chi connectivity index (χ4n) is 0.920. The highest BCUT2D eigenvalue weighted by Crippen LogP contribution is 2.01. The van der Waals surface area contributed by atoms with Crippen molar-refractivity contribution in [3.05, 3.63) is 6.33 Å². The molecule has 1 heterocycles. The molecule has 6 nitrogen and oxygen atoms in total. The molecule has 1 aromatic heterocycles. The van der Waals surface area contributed by atoms with E-state index in [0.29, 0.717) is 11.9 Å². The molecule has 0 radical (unpaired) electrons. The van der Waals surface area contributed by atoms with Gasteiger partial charge in [-0.2, -0.15) is 10.1 Å². The van der Waals surface area contributed by atoms with E-state index in [1.54, 1.807) is 7.05 Å². The number of aromatic nitrogens is 3. The lowest BCUT2D eigenvalue weighted by Gasteiger charge is -2.17. The zero-order chi connectivity index (χ0) is 11.4. The van der Waals surface area contributed by atoms with Gasteiger partial charge < -0.3 is 5.32 Å². The maximum absolute atomic E-state index is 11.5. The quantitative estimate of drug-likeness (QED) is 0.782. The number of hydrogen-bond acceptors (Lipinski definition) is 3. The second kappa shape index (κ2) is 4.77. The molecule has 84 valence electrons. The summed E-state index contributed by atoms with van der Waals surface area (Å²) in [5.74, 6) is 0.832. The van der Waals surface area contributed by atoms with Gasteiger partial charge in [0.05, 0.1) is 0 Å². The Hall–Kier alpha value is -1.59. The monoisotopic (exact) mass is 211 g/mol. The number of carbonyl (C=O) groups excluding carboxylic acids is 1. The predicted molar refractivity (Wildman–Crippen MR) is 57.5 cm³/mol. The smallest absolute Gasteiger partial charge is 0.321 e. The summed E-state index contributed by atoms with van der Waals surface area (Å²) in [6.45, 7) is 6.06. The van der Waals surface area contributed by atoms with E-state index >= 15 is 0 Å². The van der Waals surface area contributed by atoms with Gasteiger partial charge in [0.1, 0.15) is 6.33 Å². The molecule has 0 spiro atoms. The lowest BCUT2D eigenvalue weighted by Crippen LogP contribution is -2.39. The average molecular weight is 211 g/mol. The Morgan fingerprint density at radius 1 is 1.47 bits per heavy atom. The normalized spacial score (nSPS) is 12.6. The summed E-state index contributed by atoms with van der Waals surface area (Å²) in [5, 5.41) is 9.28. The van der Waals surface area contributed by atoms with Crippen LogP contribution in [0.3, 0.4) is 0 Å². The van der Waals surface area contributed by atoms with E-state index < -0.39 is 0 Å². The van der Waals surface area contributed by atoms with Gasteiger partial charge in [-0.25, -0.2) is 9.48 Å². The van der Waals surface area contributed by atoms with Crippen LogP contribution in [0.25, 0.3) is 0 Å². The highest BCUT2D eigenvalue weighted by Gasteiger charge is 2.11. The highest BCUT2D eigenvalue weighted by atomic mass is 16.2. The molecular weight excluding hydrogens is 194 g/mol. The third kappa shape index (κ3) is 3.23. The molecule has 6 heteroatoms. The minimum atomic E-state index is -0.257. The first-order valence-corrected chi connectivity index (χ1v) is 4.92. The van der Waals surface area contributed by atoms with Crippen LogP contribution in [0.15, 0.2) is 6.33 Å². The molecule has 15 heavy (non-hydrogen) atoms. The molecule has 0 unspecified atom stereocenters. The van der Waals surface area contributed by atoms with Crippen LogP contribution in [0.5, 0.6) is 0 Å². The van der Waals surface area contributed by atoms with Crippen LogP contribution in [0.2, 0.25) is 0 Å². The molecule has 1 rings (SSSR count). The summed E-state index contributed by atoms with van der Waals surface area (Å²) < 4.78 is 1.50. The van der Waals surface area contributed by atoms with Gasteiger partial charge in [0.25, 0.3) is 0 Å². The van der Waals surface area contributed by atoms with Crippen LogP contribution in [0, 0.1) is 5.92 Å². The average Bonchev–Trinajstić information content (AvgIpc) is 2.51. The number of rotatable bonds is 3. The van der Waals surface area contributed by atoms with Crippen molar-refractivity contribution in [2.75, 3.05) is 5.32 Å². The Balaban J connectivity index is 2.47. The Labute approximate surface area is 89.1 Å². The maximum Gasteiger partial charge on any atom is 0.321 e. The Kier molecular flexibility index (Phi) is 3.65. The van der Waals surface area contributed by atoms with Gasteiger partial charge in [-0.3, -0.25) is 5.32 Å². The van der Waals surface area contributed by atoms with Gasteiger partial charge in [0, 0.05) is 13.1 Å². The van der Waals surface area contributed by atoms with Crippen molar-refractivity contribution in [2.45, 2.75) is 26.8 Å². The van der Waals surface area contributed by atoms with Gasteiger partial charge in [0.15, 0.2) is 0 Å². The van der Waals surface area contributed by atoms with Gasteiger partial charge in [-0.1, -0.05) is 13.8 Å². The fraction of sp³-hybridized carbons (Fsp3) is 0.667. The van der Waals surface area contributed by atoms with Crippen molar-refractivity contribution in [1.82, 2.24) is 20.1 Å². The number of urea groups is 1. The number of aryl methyl sites for hydroxylation is 1. The molecule has 0 saturated carbocycles. The van der Waals surface area contributed by atoms with E-state index in [2.05, 4.69) is 20.7 Å². The molecule has 0 aromatic carbocycles. The summed E-state index contributed by atoms with van der Waals surface area (Å²) in [4.78, 5) is 15.4. The minimum absolute atomic E-state index is 0.123. The predicted octanol–water partition coefficient (Wildman–Crippen LogP) is 0.981. The van der Waals surface area contributed by atoms with Crippen molar-refractivity contribution >= 4 is 12.0 Å². The lowest BCUT2D eigenvalue weighted by molar-refractivity contribution is 0.245. The van der Waals surface area contributed by atoms with Crippen molar-refractivity contribution in [2.24, 2.45) is 13.0 Å². The second-order valence-corrected chi connectivity index (χ2v) is 3.84. The number of hydrogen-bond donors (Lipinski definition) is 2. The minimum Gasteiger partial charge on any atom is -0.335 e. The summed E-state index contributed by atoms with van der Waals surface area (Å²) in [6.07, 6.45) is 1.39. The van der Waals surface area contributed by atoms with Crippen LogP contribution in [0.4, 0.5) is 10.7 Å². The zero-order valence-corrected chi connectivity index (χ0v) is 9.48. The SMILES string of the molecule is CC(C)[C@H](C)NC(=O)Nc1ncnn1C.